The van der Waals surface area contributed by atoms with Crippen LogP contribution >= 0.6 is 0 Å². The monoisotopic (exact) mass is 541 g/mol. The predicted octanol–water partition coefficient (Wildman–Crippen LogP) is 3.55. The largest absolute Gasteiger partial charge is 0.457 e. The minimum Gasteiger partial charge on any atom is -0.457 e. The van der Waals surface area contributed by atoms with Gasteiger partial charge in [0.1, 0.15) is 23.4 Å². The standard InChI is InChI=1S/C30H28FN5O4/c1-18-25-13-26(30(39)33-14-19-11-22-15-32-9-10-35(22)17-19)36(28(18)25)27(37)16-34-29(38)20-3-2-4-24(12-20)40-23-7-5-21(31)6-8-23/h2-12,15,17-18,25-26,28H,13-14,16H2,1H3,(H,33,39)(H,34,38). The van der Waals surface area contributed by atoms with Crippen molar-refractivity contribution in [3.8, 4) is 11.5 Å². The second-order valence-corrected chi connectivity index (χ2v) is 10.3. The molecule has 2 aromatic heterocycles. The summed E-state index contributed by atoms with van der Waals surface area (Å²) in [5, 5.41) is 5.66. The van der Waals surface area contributed by atoms with E-state index in [2.05, 4.69) is 22.5 Å². The van der Waals surface area contributed by atoms with Gasteiger partial charge >= 0.3 is 0 Å². The molecule has 4 unspecified atom stereocenters. The number of carbonyl (C=O) groups excluding carboxylic acids is 3. The highest BCUT2D eigenvalue weighted by Gasteiger charge is 2.61. The molecule has 10 heteroatoms. The SMILES string of the molecule is CC1C2CC(C(=O)NCc3cc4cnccn4c3)N(C(=O)CNC(=O)c3cccc(Oc4ccc(F)cc4)c3)C12. The Balaban J connectivity index is 1.06. The number of amides is 3. The summed E-state index contributed by atoms with van der Waals surface area (Å²) >= 11 is 0. The summed E-state index contributed by atoms with van der Waals surface area (Å²) in [6, 6.07) is 13.5. The van der Waals surface area contributed by atoms with Crippen LogP contribution in [-0.4, -0.2) is 50.6 Å². The van der Waals surface area contributed by atoms with Crippen LogP contribution in [0.3, 0.4) is 0 Å². The van der Waals surface area contributed by atoms with Gasteiger partial charge in [0.05, 0.1) is 18.3 Å². The van der Waals surface area contributed by atoms with E-state index in [0.29, 0.717) is 41.9 Å². The van der Waals surface area contributed by atoms with Crippen LogP contribution in [0, 0.1) is 17.7 Å². The van der Waals surface area contributed by atoms with Crippen LogP contribution in [-0.2, 0) is 16.1 Å². The molecule has 0 radical (unpaired) electrons. The third-order valence-corrected chi connectivity index (χ3v) is 7.72. The van der Waals surface area contributed by atoms with E-state index in [1.807, 2.05) is 22.9 Å². The number of nitrogens with one attached hydrogen (secondary N) is 2. The number of piperidine rings is 1. The van der Waals surface area contributed by atoms with Crippen molar-refractivity contribution in [3.63, 3.8) is 0 Å². The van der Waals surface area contributed by atoms with E-state index >= 15 is 0 Å². The molecular weight excluding hydrogens is 513 g/mol. The molecule has 2 aromatic carbocycles. The third-order valence-electron chi connectivity index (χ3n) is 7.72. The number of likely N-dealkylation sites (tertiary alicyclic amines) is 1. The highest BCUT2D eigenvalue weighted by atomic mass is 19.1. The number of aromatic nitrogens is 2. The average Bonchev–Trinajstić information content (AvgIpc) is 3.30. The normalized spacial score (nSPS) is 21.1. The Morgan fingerprint density at radius 3 is 2.70 bits per heavy atom. The molecule has 0 bridgehead atoms. The summed E-state index contributed by atoms with van der Waals surface area (Å²) < 4.78 is 20.8. The maximum Gasteiger partial charge on any atom is 0.251 e. The maximum atomic E-state index is 13.3. The Kier molecular flexibility index (Phi) is 6.67. The number of halogens is 1. The molecule has 1 aliphatic carbocycles. The van der Waals surface area contributed by atoms with E-state index in [0.717, 1.165) is 11.1 Å². The number of hydrogen-bond acceptors (Lipinski definition) is 5. The molecule has 2 fully saturated rings. The van der Waals surface area contributed by atoms with E-state index in [4.69, 9.17) is 4.74 Å². The Labute approximate surface area is 230 Å². The van der Waals surface area contributed by atoms with Gasteiger partial charge in [0.2, 0.25) is 11.8 Å². The van der Waals surface area contributed by atoms with Crippen LogP contribution in [0.5, 0.6) is 11.5 Å². The molecule has 6 rings (SSSR count). The van der Waals surface area contributed by atoms with Crippen molar-refractivity contribution in [2.24, 2.45) is 11.8 Å². The Morgan fingerprint density at radius 1 is 1.07 bits per heavy atom. The summed E-state index contributed by atoms with van der Waals surface area (Å²) in [7, 11) is 0. The smallest absolute Gasteiger partial charge is 0.251 e. The molecule has 0 spiro atoms. The predicted molar refractivity (Wildman–Crippen MR) is 144 cm³/mol. The lowest BCUT2D eigenvalue weighted by atomic mass is 10.1. The van der Waals surface area contributed by atoms with Crippen molar-refractivity contribution in [3.05, 3.63) is 96.3 Å². The highest BCUT2D eigenvalue weighted by molar-refractivity contribution is 5.97. The first-order chi connectivity index (χ1) is 19.4. The molecule has 3 heterocycles. The van der Waals surface area contributed by atoms with Crippen LogP contribution in [0.25, 0.3) is 5.52 Å². The van der Waals surface area contributed by atoms with Gasteiger partial charge in [-0.2, -0.15) is 0 Å². The van der Waals surface area contributed by atoms with Crippen LogP contribution in [0.4, 0.5) is 4.39 Å². The molecule has 4 atom stereocenters. The molecule has 204 valence electrons. The summed E-state index contributed by atoms with van der Waals surface area (Å²) in [4.78, 5) is 45.0. The number of rotatable bonds is 8. The summed E-state index contributed by atoms with van der Waals surface area (Å²) in [5.74, 6) is 0.165. The fourth-order valence-electron chi connectivity index (χ4n) is 5.60. The fraction of sp³-hybridized carbons (Fsp3) is 0.267. The lowest BCUT2D eigenvalue weighted by Crippen LogP contribution is -2.51. The molecule has 4 aromatic rings. The fourth-order valence-corrected chi connectivity index (χ4v) is 5.60. The third kappa shape index (κ3) is 5.12. The number of fused-ring (bicyclic) bond motifs is 2. The van der Waals surface area contributed by atoms with E-state index < -0.39 is 11.9 Å². The van der Waals surface area contributed by atoms with Crippen molar-refractivity contribution < 1.29 is 23.5 Å². The molecule has 1 saturated heterocycles. The van der Waals surface area contributed by atoms with Crippen molar-refractivity contribution >= 4 is 23.2 Å². The molecule has 2 aliphatic rings. The van der Waals surface area contributed by atoms with Crippen LogP contribution in [0.2, 0.25) is 0 Å². The van der Waals surface area contributed by atoms with Gasteiger partial charge in [-0.1, -0.05) is 13.0 Å². The van der Waals surface area contributed by atoms with Crippen LogP contribution < -0.4 is 15.4 Å². The van der Waals surface area contributed by atoms with Crippen molar-refractivity contribution in [2.45, 2.75) is 32.0 Å². The minimum atomic E-state index is -0.568. The van der Waals surface area contributed by atoms with Gasteiger partial charge in [0, 0.05) is 36.7 Å². The molecule has 1 saturated carbocycles. The Morgan fingerprint density at radius 2 is 1.90 bits per heavy atom. The van der Waals surface area contributed by atoms with Crippen molar-refractivity contribution in [1.29, 1.82) is 0 Å². The molecular formula is C30H28FN5O4. The first kappa shape index (κ1) is 25.5. The molecule has 40 heavy (non-hydrogen) atoms. The first-order valence-corrected chi connectivity index (χ1v) is 13.2. The van der Waals surface area contributed by atoms with Crippen molar-refractivity contribution in [2.75, 3.05) is 6.54 Å². The first-order valence-electron chi connectivity index (χ1n) is 13.2. The second kappa shape index (κ2) is 10.4. The number of ether oxygens (including phenoxy) is 1. The Bertz CT molecular complexity index is 1550. The van der Waals surface area contributed by atoms with Gasteiger partial charge in [-0.15, -0.1) is 0 Å². The van der Waals surface area contributed by atoms with Crippen LogP contribution in [0.15, 0.2) is 79.4 Å². The zero-order chi connectivity index (χ0) is 27.8. The van der Waals surface area contributed by atoms with E-state index in [9.17, 15) is 18.8 Å². The zero-order valence-corrected chi connectivity index (χ0v) is 21.8. The van der Waals surface area contributed by atoms with E-state index in [1.54, 1.807) is 41.6 Å². The molecule has 2 N–H and O–H groups in total. The zero-order valence-electron chi connectivity index (χ0n) is 21.8. The van der Waals surface area contributed by atoms with Gasteiger partial charge < -0.3 is 24.7 Å². The lowest BCUT2D eigenvalue weighted by molar-refractivity contribution is -0.139. The summed E-state index contributed by atoms with van der Waals surface area (Å²) in [6.07, 6.45) is 7.84. The highest BCUT2D eigenvalue weighted by Crippen LogP contribution is 2.53. The summed E-state index contributed by atoms with van der Waals surface area (Å²) in [6.45, 7) is 2.20. The topological polar surface area (TPSA) is 105 Å². The number of carbonyl (C=O) groups is 3. The van der Waals surface area contributed by atoms with Gasteiger partial charge in [-0.3, -0.25) is 19.4 Å². The van der Waals surface area contributed by atoms with Gasteiger partial charge in [-0.05, 0) is 72.4 Å². The second-order valence-electron chi connectivity index (χ2n) is 10.3. The summed E-state index contributed by atoms with van der Waals surface area (Å²) in [5.41, 5.74) is 2.19. The Hall–Kier alpha value is -4.73. The van der Waals surface area contributed by atoms with Crippen molar-refractivity contribution in [1.82, 2.24) is 24.9 Å². The average molecular weight is 542 g/mol. The van der Waals surface area contributed by atoms with Gasteiger partial charge in [-0.25, -0.2) is 4.39 Å². The lowest BCUT2D eigenvalue weighted by Gasteiger charge is -2.28. The minimum absolute atomic E-state index is 0.00994. The van der Waals surface area contributed by atoms with Gasteiger partial charge in [0.25, 0.3) is 5.91 Å². The molecule has 3 amide bonds. The van der Waals surface area contributed by atoms with E-state index in [-0.39, 0.29) is 30.2 Å². The van der Waals surface area contributed by atoms with Crippen LogP contribution in [0.1, 0.15) is 29.3 Å². The quantitative estimate of drug-likeness (QED) is 0.355. The molecule has 9 nitrogen and oxygen atoms in total. The number of nitrogens with zero attached hydrogens (tertiary/aromatic N) is 3. The van der Waals surface area contributed by atoms with Gasteiger partial charge in [0.15, 0.2) is 0 Å². The number of hydrogen-bond donors (Lipinski definition) is 2. The molecule has 1 aliphatic heterocycles. The maximum absolute atomic E-state index is 13.3. The van der Waals surface area contributed by atoms with E-state index in [1.165, 1.54) is 24.3 Å². The number of benzene rings is 2.